The highest BCUT2D eigenvalue weighted by Gasteiger charge is 2.04. The van der Waals surface area contributed by atoms with Crippen LogP contribution in [0.4, 0.5) is 0 Å². The van der Waals surface area contributed by atoms with Crippen LogP contribution in [0.2, 0.25) is 0 Å². The van der Waals surface area contributed by atoms with E-state index in [-0.39, 0.29) is 0 Å². The molecule has 5 heteroatoms. The van der Waals surface area contributed by atoms with Gasteiger partial charge in [-0.2, -0.15) is 10.2 Å². The standard InChI is InChI=1S/C16H19N5/c1-19(12-15-10-18-20(2)13-15)11-14-4-6-16(7-5-14)21-9-3-8-17-21/h3-10,13H,11-12H2,1-2H3. The predicted octanol–water partition coefficient (Wildman–Crippen LogP) is 2.24. The minimum absolute atomic E-state index is 0.898. The Morgan fingerprint density at radius 2 is 1.81 bits per heavy atom. The molecule has 5 nitrogen and oxygen atoms in total. The second kappa shape index (κ2) is 5.93. The Morgan fingerprint density at radius 3 is 2.43 bits per heavy atom. The average molecular weight is 281 g/mol. The van der Waals surface area contributed by atoms with Gasteiger partial charge in [-0.15, -0.1) is 0 Å². The topological polar surface area (TPSA) is 38.9 Å². The Morgan fingerprint density at radius 1 is 1.05 bits per heavy atom. The summed E-state index contributed by atoms with van der Waals surface area (Å²) in [5, 5.41) is 8.43. The first-order chi connectivity index (χ1) is 10.2. The molecule has 3 rings (SSSR count). The lowest BCUT2D eigenvalue weighted by molar-refractivity contribution is 0.319. The van der Waals surface area contributed by atoms with Crippen LogP contribution in [0.5, 0.6) is 0 Å². The maximum absolute atomic E-state index is 4.23. The number of rotatable bonds is 5. The van der Waals surface area contributed by atoms with Crippen LogP contribution in [0.3, 0.4) is 0 Å². The molecule has 0 aliphatic carbocycles. The van der Waals surface area contributed by atoms with Crippen LogP contribution in [0, 0.1) is 0 Å². The minimum atomic E-state index is 0.898. The molecule has 0 amide bonds. The highest BCUT2D eigenvalue weighted by atomic mass is 15.3. The summed E-state index contributed by atoms with van der Waals surface area (Å²) in [6.07, 6.45) is 7.70. The lowest BCUT2D eigenvalue weighted by atomic mass is 10.2. The number of aromatic nitrogens is 4. The lowest BCUT2D eigenvalue weighted by Gasteiger charge is -2.16. The first kappa shape index (κ1) is 13.6. The molecular formula is C16H19N5. The second-order valence-electron chi connectivity index (χ2n) is 5.31. The first-order valence-electron chi connectivity index (χ1n) is 6.96. The number of nitrogens with zero attached hydrogens (tertiary/aromatic N) is 5. The molecule has 2 aromatic heterocycles. The molecule has 0 atom stereocenters. The summed E-state index contributed by atoms with van der Waals surface area (Å²) in [6.45, 7) is 1.81. The van der Waals surface area contributed by atoms with E-state index < -0.39 is 0 Å². The predicted molar refractivity (Wildman–Crippen MR) is 81.9 cm³/mol. The van der Waals surface area contributed by atoms with Gasteiger partial charge in [-0.25, -0.2) is 4.68 Å². The molecule has 0 N–H and O–H groups in total. The van der Waals surface area contributed by atoms with E-state index in [2.05, 4.69) is 52.6 Å². The van der Waals surface area contributed by atoms with Gasteiger partial charge in [0.25, 0.3) is 0 Å². The molecule has 0 radical (unpaired) electrons. The largest absolute Gasteiger partial charge is 0.298 e. The number of hydrogen-bond donors (Lipinski definition) is 0. The zero-order valence-electron chi connectivity index (χ0n) is 12.3. The van der Waals surface area contributed by atoms with Crippen molar-refractivity contribution in [2.75, 3.05) is 7.05 Å². The summed E-state index contributed by atoms with van der Waals surface area (Å²) in [5.74, 6) is 0. The molecule has 0 aliphatic rings. The van der Waals surface area contributed by atoms with Crippen molar-refractivity contribution in [2.45, 2.75) is 13.1 Å². The zero-order chi connectivity index (χ0) is 14.7. The summed E-state index contributed by atoms with van der Waals surface area (Å²) in [6, 6.07) is 10.4. The summed E-state index contributed by atoms with van der Waals surface area (Å²) < 4.78 is 3.70. The van der Waals surface area contributed by atoms with Gasteiger partial charge in [0.05, 0.1) is 11.9 Å². The van der Waals surface area contributed by atoms with Gasteiger partial charge < -0.3 is 0 Å². The third-order valence-electron chi connectivity index (χ3n) is 3.37. The molecule has 0 unspecified atom stereocenters. The van der Waals surface area contributed by atoms with Crippen LogP contribution in [0.15, 0.2) is 55.1 Å². The molecule has 0 aliphatic heterocycles. The quantitative estimate of drug-likeness (QED) is 0.720. The molecule has 1 aromatic carbocycles. The van der Waals surface area contributed by atoms with Gasteiger partial charge in [-0.1, -0.05) is 12.1 Å². The maximum Gasteiger partial charge on any atom is 0.0645 e. The molecule has 0 saturated carbocycles. The van der Waals surface area contributed by atoms with Crippen molar-refractivity contribution in [2.24, 2.45) is 7.05 Å². The van der Waals surface area contributed by atoms with Gasteiger partial charge in [0, 0.05) is 44.3 Å². The van der Waals surface area contributed by atoms with Gasteiger partial charge in [-0.3, -0.25) is 9.58 Å². The Hall–Kier alpha value is -2.40. The van der Waals surface area contributed by atoms with Gasteiger partial charge in [0.1, 0.15) is 0 Å². The normalized spacial score (nSPS) is 11.2. The van der Waals surface area contributed by atoms with E-state index in [1.165, 1.54) is 11.1 Å². The van der Waals surface area contributed by atoms with E-state index in [4.69, 9.17) is 0 Å². The van der Waals surface area contributed by atoms with Crippen molar-refractivity contribution in [3.8, 4) is 5.69 Å². The number of benzene rings is 1. The summed E-state index contributed by atoms with van der Waals surface area (Å²) in [5.41, 5.74) is 3.60. The van der Waals surface area contributed by atoms with E-state index in [0.29, 0.717) is 0 Å². The Balaban J connectivity index is 1.62. The van der Waals surface area contributed by atoms with Crippen LogP contribution in [-0.2, 0) is 20.1 Å². The van der Waals surface area contributed by atoms with E-state index in [1.807, 2.05) is 34.9 Å². The molecule has 3 aromatic rings. The van der Waals surface area contributed by atoms with E-state index in [9.17, 15) is 0 Å². The summed E-state index contributed by atoms with van der Waals surface area (Å²) in [4.78, 5) is 2.28. The summed E-state index contributed by atoms with van der Waals surface area (Å²) in [7, 11) is 4.06. The van der Waals surface area contributed by atoms with Crippen molar-refractivity contribution in [1.29, 1.82) is 0 Å². The molecule has 0 spiro atoms. The van der Waals surface area contributed by atoms with E-state index in [0.717, 1.165) is 18.8 Å². The van der Waals surface area contributed by atoms with E-state index >= 15 is 0 Å². The lowest BCUT2D eigenvalue weighted by Crippen LogP contribution is -2.16. The molecular weight excluding hydrogens is 262 g/mol. The zero-order valence-corrected chi connectivity index (χ0v) is 12.3. The van der Waals surface area contributed by atoms with Crippen molar-refractivity contribution in [3.05, 3.63) is 66.2 Å². The average Bonchev–Trinajstić information content (AvgIpc) is 3.11. The Kier molecular flexibility index (Phi) is 3.83. The van der Waals surface area contributed by atoms with Crippen molar-refractivity contribution in [1.82, 2.24) is 24.5 Å². The smallest absolute Gasteiger partial charge is 0.0645 e. The number of aryl methyl sites for hydroxylation is 1. The fourth-order valence-electron chi connectivity index (χ4n) is 2.41. The summed E-state index contributed by atoms with van der Waals surface area (Å²) >= 11 is 0. The van der Waals surface area contributed by atoms with Crippen LogP contribution >= 0.6 is 0 Å². The van der Waals surface area contributed by atoms with Crippen molar-refractivity contribution < 1.29 is 0 Å². The molecule has 108 valence electrons. The fourth-order valence-corrected chi connectivity index (χ4v) is 2.41. The van der Waals surface area contributed by atoms with E-state index in [1.54, 1.807) is 6.20 Å². The Labute approximate surface area is 124 Å². The van der Waals surface area contributed by atoms with Crippen molar-refractivity contribution in [3.63, 3.8) is 0 Å². The molecule has 2 heterocycles. The van der Waals surface area contributed by atoms with Crippen molar-refractivity contribution >= 4 is 0 Å². The molecule has 0 fully saturated rings. The number of hydrogen-bond acceptors (Lipinski definition) is 3. The van der Waals surface area contributed by atoms with Gasteiger partial charge in [0.15, 0.2) is 0 Å². The van der Waals surface area contributed by atoms with Crippen LogP contribution in [0.25, 0.3) is 5.69 Å². The monoisotopic (exact) mass is 281 g/mol. The van der Waals surface area contributed by atoms with Gasteiger partial charge >= 0.3 is 0 Å². The van der Waals surface area contributed by atoms with Crippen LogP contribution in [-0.4, -0.2) is 31.5 Å². The third kappa shape index (κ3) is 3.38. The fraction of sp³-hybridized carbons (Fsp3) is 0.250. The Bertz CT molecular complexity index is 682. The third-order valence-corrected chi connectivity index (χ3v) is 3.37. The van der Waals surface area contributed by atoms with Gasteiger partial charge in [0.2, 0.25) is 0 Å². The SMILES string of the molecule is CN(Cc1ccc(-n2cccn2)cc1)Cc1cnn(C)c1. The second-order valence-corrected chi connectivity index (χ2v) is 5.31. The highest BCUT2D eigenvalue weighted by Crippen LogP contribution is 2.11. The molecule has 21 heavy (non-hydrogen) atoms. The van der Waals surface area contributed by atoms with Crippen LogP contribution in [0.1, 0.15) is 11.1 Å². The maximum atomic E-state index is 4.23. The highest BCUT2D eigenvalue weighted by molar-refractivity contribution is 5.33. The molecule has 0 bridgehead atoms. The minimum Gasteiger partial charge on any atom is -0.298 e. The first-order valence-corrected chi connectivity index (χ1v) is 6.96. The van der Waals surface area contributed by atoms with Crippen LogP contribution < -0.4 is 0 Å². The van der Waals surface area contributed by atoms with Gasteiger partial charge in [-0.05, 0) is 30.8 Å². The molecule has 0 saturated heterocycles.